The van der Waals surface area contributed by atoms with Crippen LogP contribution in [0.15, 0.2) is 53.0 Å². The fourth-order valence-electron chi connectivity index (χ4n) is 3.85. The molecule has 2 aromatic rings. The molecule has 0 aliphatic heterocycles. The minimum Gasteiger partial charge on any atom is -0.494 e. The van der Waals surface area contributed by atoms with E-state index in [-0.39, 0.29) is 17.9 Å². The molecule has 172 valence electrons. The van der Waals surface area contributed by atoms with E-state index < -0.39 is 6.04 Å². The minimum absolute atomic E-state index is 0.0540. The molecule has 1 aliphatic rings. The van der Waals surface area contributed by atoms with Crippen LogP contribution in [-0.4, -0.2) is 35.4 Å². The lowest BCUT2D eigenvalue weighted by Gasteiger charge is -2.30. The van der Waals surface area contributed by atoms with E-state index in [2.05, 4.69) is 21.2 Å². The predicted molar refractivity (Wildman–Crippen MR) is 131 cm³/mol. The van der Waals surface area contributed by atoms with E-state index in [9.17, 15) is 9.59 Å². The van der Waals surface area contributed by atoms with Crippen molar-refractivity contribution in [1.82, 2.24) is 10.2 Å². The average Bonchev–Trinajstić information content (AvgIpc) is 3.30. The van der Waals surface area contributed by atoms with Crippen LogP contribution in [0.5, 0.6) is 5.75 Å². The van der Waals surface area contributed by atoms with Crippen molar-refractivity contribution in [2.45, 2.75) is 64.1 Å². The van der Waals surface area contributed by atoms with Crippen LogP contribution in [0.1, 0.15) is 51.0 Å². The molecule has 1 N–H and O–H groups in total. The molecule has 0 radical (unpaired) electrons. The van der Waals surface area contributed by atoms with Gasteiger partial charge in [0, 0.05) is 28.5 Å². The Labute approximate surface area is 203 Å². The molecule has 0 aromatic heterocycles. The van der Waals surface area contributed by atoms with Crippen molar-refractivity contribution in [3.05, 3.63) is 63.6 Å². The van der Waals surface area contributed by atoms with Gasteiger partial charge in [-0.15, -0.1) is 0 Å². The van der Waals surface area contributed by atoms with Crippen molar-refractivity contribution in [2.75, 3.05) is 6.61 Å². The van der Waals surface area contributed by atoms with Crippen LogP contribution in [0.25, 0.3) is 0 Å². The fraction of sp³-hybridized carbons (Fsp3) is 0.440. The molecular weight excluding hydrogens is 492 g/mol. The van der Waals surface area contributed by atoms with Gasteiger partial charge in [0.05, 0.1) is 6.61 Å². The predicted octanol–water partition coefficient (Wildman–Crippen LogP) is 5.74. The summed E-state index contributed by atoms with van der Waals surface area (Å²) < 4.78 is 6.68. The summed E-state index contributed by atoms with van der Waals surface area (Å²) in [5.74, 6) is 0.583. The van der Waals surface area contributed by atoms with E-state index in [0.717, 1.165) is 41.5 Å². The summed E-state index contributed by atoms with van der Waals surface area (Å²) in [5.41, 5.74) is 0.986. The van der Waals surface area contributed by atoms with Crippen molar-refractivity contribution in [3.63, 3.8) is 0 Å². The van der Waals surface area contributed by atoms with Crippen molar-refractivity contribution >= 4 is 39.3 Å². The Morgan fingerprint density at radius 2 is 1.78 bits per heavy atom. The van der Waals surface area contributed by atoms with Gasteiger partial charge in [-0.05, 0) is 68.1 Å². The topological polar surface area (TPSA) is 58.6 Å². The number of carbonyl (C=O) groups is 2. The number of benzene rings is 2. The van der Waals surface area contributed by atoms with Crippen LogP contribution < -0.4 is 10.1 Å². The van der Waals surface area contributed by atoms with Gasteiger partial charge in [0.25, 0.3) is 0 Å². The largest absolute Gasteiger partial charge is 0.494 e. The first-order valence-corrected chi connectivity index (χ1v) is 12.3. The average molecular weight is 522 g/mol. The Hall–Kier alpha value is -2.05. The maximum atomic E-state index is 13.1. The monoisotopic (exact) mass is 520 g/mol. The highest BCUT2D eigenvalue weighted by Gasteiger charge is 2.28. The van der Waals surface area contributed by atoms with E-state index in [1.165, 1.54) is 0 Å². The number of nitrogens with zero attached hydrogens (tertiary/aromatic N) is 1. The normalized spacial score (nSPS) is 14.7. The zero-order chi connectivity index (χ0) is 22.9. The molecular formula is C25H30BrClN2O3. The molecule has 1 saturated carbocycles. The van der Waals surface area contributed by atoms with Crippen LogP contribution in [0.2, 0.25) is 5.02 Å². The number of hydrogen-bond acceptors (Lipinski definition) is 3. The summed E-state index contributed by atoms with van der Waals surface area (Å²) in [4.78, 5) is 27.7. The molecule has 0 saturated heterocycles. The highest BCUT2D eigenvalue weighted by molar-refractivity contribution is 9.10. The fourth-order valence-corrected chi connectivity index (χ4v) is 4.24. The summed E-state index contributed by atoms with van der Waals surface area (Å²) in [6.07, 6.45) is 5.20. The molecule has 0 unspecified atom stereocenters. The summed E-state index contributed by atoms with van der Waals surface area (Å²) in [7, 11) is 0. The SMILES string of the molecule is C[C@H](C(=O)NC1CCCC1)N(Cc1ccc(Br)cc1)C(=O)CCCOc1ccc(Cl)cc1. The molecule has 0 spiro atoms. The molecule has 2 amide bonds. The minimum atomic E-state index is -0.538. The van der Waals surface area contributed by atoms with E-state index in [1.54, 1.807) is 29.2 Å². The molecule has 7 heteroatoms. The van der Waals surface area contributed by atoms with E-state index >= 15 is 0 Å². The number of carbonyl (C=O) groups excluding carboxylic acids is 2. The van der Waals surface area contributed by atoms with Crippen LogP contribution >= 0.6 is 27.5 Å². The van der Waals surface area contributed by atoms with Crippen LogP contribution in [0, 0.1) is 0 Å². The van der Waals surface area contributed by atoms with Gasteiger partial charge in [-0.2, -0.15) is 0 Å². The lowest BCUT2D eigenvalue weighted by Crippen LogP contribution is -2.49. The second kappa shape index (κ2) is 12.3. The van der Waals surface area contributed by atoms with Gasteiger partial charge < -0.3 is 15.0 Å². The Balaban J connectivity index is 1.59. The molecule has 32 heavy (non-hydrogen) atoms. The first kappa shape index (κ1) is 24.6. The second-order valence-electron chi connectivity index (χ2n) is 8.22. The molecule has 0 bridgehead atoms. The van der Waals surface area contributed by atoms with E-state index in [4.69, 9.17) is 16.3 Å². The Morgan fingerprint density at radius 1 is 1.12 bits per heavy atom. The number of hydrogen-bond donors (Lipinski definition) is 1. The number of nitrogens with one attached hydrogen (secondary N) is 1. The number of rotatable bonds is 10. The molecule has 2 aromatic carbocycles. The standard InChI is InChI=1S/C25H30BrClN2O3/c1-18(25(31)28-22-5-2-3-6-22)29(17-19-8-10-20(26)11-9-19)24(30)7-4-16-32-23-14-12-21(27)13-15-23/h8-15,18,22H,2-7,16-17H2,1H3,(H,28,31)/t18-/m1/s1. The lowest BCUT2D eigenvalue weighted by atomic mass is 10.1. The van der Waals surface area contributed by atoms with Crippen LogP contribution in [-0.2, 0) is 16.1 Å². The van der Waals surface area contributed by atoms with Gasteiger partial charge in [-0.1, -0.05) is 52.5 Å². The summed E-state index contributed by atoms with van der Waals surface area (Å²) >= 11 is 9.33. The molecule has 0 heterocycles. The van der Waals surface area contributed by atoms with Crippen molar-refractivity contribution in [3.8, 4) is 5.75 Å². The van der Waals surface area contributed by atoms with E-state index in [1.807, 2.05) is 31.2 Å². The Bertz CT molecular complexity index is 883. The lowest BCUT2D eigenvalue weighted by molar-refractivity contribution is -0.141. The maximum Gasteiger partial charge on any atom is 0.242 e. The highest BCUT2D eigenvalue weighted by atomic mass is 79.9. The van der Waals surface area contributed by atoms with Crippen molar-refractivity contribution in [1.29, 1.82) is 0 Å². The number of halogens is 2. The molecule has 1 atom stereocenters. The van der Waals surface area contributed by atoms with Gasteiger partial charge >= 0.3 is 0 Å². The quantitative estimate of drug-likeness (QED) is 0.406. The first-order valence-electron chi connectivity index (χ1n) is 11.1. The summed E-state index contributed by atoms with van der Waals surface area (Å²) in [6, 6.07) is 14.7. The zero-order valence-corrected chi connectivity index (χ0v) is 20.7. The molecule has 1 aliphatic carbocycles. The third-order valence-electron chi connectivity index (χ3n) is 5.75. The van der Waals surface area contributed by atoms with Gasteiger partial charge in [-0.25, -0.2) is 0 Å². The van der Waals surface area contributed by atoms with Crippen LogP contribution in [0.3, 0.4) is 0 Å². The molecule has 3 rings (SSSR count). The number of ether oxygens (including phenoxy) is 1. The zero-order valence-electron chi connectivity index (χ0n) is 18.4. The van der Waals surface area contributed by atoms with Gasteiger partial charge in [0.2, 0.25) is 11.8 Å². The highest BCUT2D eigenvalue weighted by Crippen LogP contribution is 2.20. The van der Waals surface area contributed by atoms with Gasteiger partial charge in [0.1, 0.15) is 11.8 Å². The van der Waals surface area contributed by atoms with Gasteiger partial charge in [0.15, 0.2) is 0 Å². The number of amides is 2. The maximum absolute atomic E-state index is 13.1. The van der Waals surface area contributed by atoms with Crippen LogP contribution in [0.4, 0.5) is 0 Å². The third kappa shape index (κ3) is 7.52. The van der Waals surface area contributed by atoms with Crippen molar-refractivity contribution in [2.24, 2.45) is 0 Å². The summed E-state index contributed by atoms with van der Waals surface area (Å²) in [5, 5.41) is 3.78. The molecule has 1 fully saturated rings. The Morgan fingerprint density at radius 3 is 2.44 bits per heavy atom. The second-order valence-corrected chi connectivity index (χ2v) is 9.57. The Kier molecular flexibility index (Phi) is 9.42. The first-order chi connectivity index (χ1) is 15.4. The van der Waals surface area contributed by atoms with E-state index in [0.29, 0.717) is 31.0 Å². The van der Waals surface area contributed by atoms with Gasteiger partial charge in [-0.3, -0.25) is 9.59 Å². The third-order valence-corrected chi connectivity index (χ3v) is 6.53. The van der Waals surface area contributed by atoms with Crippen molar-refractivity contribution < 1.29 is 14.3 Å². The summed E-state index contributed by atoms with van der Waals surface area (Å²) in [6.45, 7) is 2.62. The smallest absolute Gasteiger partial charge is 0.242 e. The molecule has 5 nitrogen and oxygen atoms in total.